The minimum atomic E-state index is 0.604. The van der Waals surface area contributed by atoms with E-state index in [0.29, 0.717) is 6.04 Å². The second-order valence-electron chi connectivity index (χ2n) is 6.53. The number of hydrogen-bond acceptors (Lipinski definition) is 4. The Balaban J connectivity index is 1.57. The molecule has 4 heteroatoms. The molecule has 1 aliphatic heterocycles. The maximum atomic E-state index is 5.95. The summed E-state index contributed by atoms with van der Waals surface area (Å²) in [5.74, 6) is 2.20. The van der Waals surface area contributed by atoms with Gasteiger partial charge in [0.15, 0.2) is 0 Å². The van der Waals surface area contributed by atoms with Crippen LogP contribution in [-0.2, 0) is 13.1 Å². The molecule has 20 heavy (non-hydrogen) atoms. The Morgan fingerprint density at radius 1 is 1.35 bits per heavy atom. The number of furan rings is 1. The van der Waals surface area contributed by atoms with E-state index in [1.165, 1.54) is 18.4 Å². The first-order valence-corrected chi connectivity index (χ1v) is 7.86. The zero-order valence-corrected chi connectivity index (χ0v) is 13.0. The highest BCUT2D eigenvalue weighted by Crippen LogP contribution is 2.22. The Morgan fingerprint density at radius 2 is 2.15 bits per heavy atom. The van der Waals surface area contributed by atoms with E-state index < -0.39 is 0 Å². The molecule has 1 aliphatic carbocycles. The number of nitrogens with one attached hydrogen (secondary N) is 1. The summed E-state index contributed by atoms with van der Waals surface area (Å²) in [4.78, 5) is 4.93. The van der Waals surface area contributed by atoms with Gasteiger partial charge < -0.3 is 14.6 Å². The summed E-state index contributed by atoms with van der Waals surface area (Å²) in [6.07, 6.45) is 2.67. The van der Waals surface area contributed by atoms with Gasteiger partial charge in [0.2, 0.25) is 0 Å². The van der Waals surface area contributed by atoms with Crippen LogP contribution in [0.3, 0.4) is 0 Å². The largest absolute Gasteiger partial charge is 0.465 e. The van der Waals surface area contributed by atoms with Crippen molar-refractivity contribution in [3.63, 3.8) is 0 Å². The average Bonchev–Trinajstić information content (AvgIpc) is 3.15. The van der Waals surface area contributed by atoms with Crippen LogP contribution in [0.4, 0.5) is 0 Å². The first kappa shape index (κ1) is 14.1. The smallest absolute Gasteiger partial charge is 0.118 e. The number of aryl methyl sites for hydroxylation is 1. The van der Waals surface area contributed by atoms with Gasteiger partial charge in [-0.2, -0.15) is 0 Å². The highest BCUT2D eigenvalue weighted by atomic mass is 16.3. The maximum Gasteiger partial charge on any atom is 0.118 e. The van der Waals surface area contributed by atoms with Gasteiger partial charge >= 0.3 is 0 Å². The molecule has 2 heterocycles. The van der Waals surface area contributed by atoms with E-state index in [9.17, 15) is 0 Å². The Morgan fingerprint density at radius 3 is 2.85 bits per heavy atom. The van der Waals surface area contributed by atoms with Gasteiger partial charge in [-0.25, -0.2) is 0 Å². The van der Waals surface area contributed by atoms with Gasteiger partial charge in [-0.05, 0) is 39.8 Å². The molecule has 1 saturated heterocycles. The third-order valence-corrected chi connectivity index (χ3v) is 4.56. The molecule has 4 nitrogen and oxygen atoms in total. The number of rotatable bonds is 5. The lowest BCUT2D eigenvalue weighted by atomic mass is 10.2. The molecular formula is C16H27N3O. The summed E-state index contributed by atoms with van der Waals surface area (Å²) in [6.45, 7) is 9.72. The predicted molar refractivity (Wildman–Crippen MR) is 80.7 cm³/mol. The first-order valence-electron chi connectivity index (χ1n) is 7.86. The third kappa shape index (κ3) is 3.43. The van der Waals surface area contributed by atoms with E-state index in [0.717, 1.165) is 50.3 Å². The minimum Gasteiger partial charge on any atom is -0.465 e. The van der Waals surface area contributed by atoms with E-state index in [2.05, 4.69) is 42.1 Å². The van der Waals surface area contributed by atoms with Crippen molar-refractivity contribution in [2.45, 2.75) is 51.9 Å². The van der Waals surface area contributed by atoms with E-state index in [-0.39, 0.29) is 0 Å². The Bertz CT molecular complexity index is 453. The first-order chi connectivity index (χ1) is 9.61. The van der Waals surface area contributed by atoms with E-state index in [1.807, 2.05) is 0 Å². The molecule has 1 saturated carbocycles. The molecule has 0 radical (unpaired) electrons. The lowest BCUT2D eigenvalue weighted by Gasteiger charge is -2.37. The van der Waals surface area contributed by atoms with Crippen LogP contribution in [0.1, 0.15) is 36.8 Å². The summed E-state index contributed by atoms with van der Waals surface area (Å²) in [5.41, 5.74) is 1.33. The van der Waals surface area contributed by atoms with Crippen LogP contribution >= 0.6 is 0 Å². The van der Waals surface area contributed by atoms with Crippen molar-refractivity contribution in [3.8, 4) is 0 Å². The lowest BCUT2D eigenvalue weighted by Crippen LogP contribution is -2.49. The van der Waals surface area contributed by atoms with Crippen LogP contribution in [-0.4, -0.2) is 48.6 Å². The molecule has 1 unspecified atom stereocenters. The fourth-order valence-electron chi connectivity index (χ4n) is 3.00. The Hall–Kier alpha value is -0.840. The maximum absolute atomic E-state index is 5.95. The average molecular weight is 277 g/mol. The quantitative estimate of drug-likeness (QED) is 0.892. The minimum absolute atomic E-state index is 0.604. The SMILES string of the molecule is Cc1oc(CN2CCN(C)CC2C)cc1CNC1CC1. The summed E-state index contributed by atoms with van der Waals surface area (Å²) in [7, 11) is 2.20. The van der Waals surface area contributed by atoms with Crippen molar-refractivity contribution in [2.24, 2.45) is 0 Å². The summed E-state index contributed by atoms with van der Waals surface area (Å²) >= 11 is 0. The second kappa shape index (κ2) is 5.88. The Kier molecular flexibility index (Phi) is 4.15. The van der Waals surface area contributed by atoms with Crippen molar-refractivity contribution in [2.75, 3.05) is 26.7 Å². The van der Waals surface area contributed by atoms with Gasteiger partial charge in [0, 0.05) is 43.8 Å². The van der Waals surface area contributed by atoms with Crippen LogP contribution < -0.4 is 5.32 Å². The fraction of sp³-hybridized carbons (Fsp3) is 0.750. The van der Waals surface area contributed by atoms with Crippen molar-refractivity contribution in [1.29, 1.82) is 0 Å². The molecule has 3 rings (SSSR count). The van der Waals surface area contributed by atoms with Gasteiger partial charge in [-0.3, -0.25) is 4.90 Å². The predicted octanol–water partition coefficient (Wildman–Crippen LogP) is 1.98. The zero-order chi connectivity index (χ0) is 14.1. The molecular weight excluding hydrogens is 250 g/mol. The van der Waals surface area contributed by atoms with E-state index in [1.54, 1.807) is 0 Å². The van der Waals surface area contributed by atoms with Crippen molar-refractivity contribution in [3.05, 3.63) is 23.2 Å². The van der Waals surface area contributed by atoms with Gasteiger partial charge in [0.1, 0.15) is 11.5 Å². The molecule has 0 aromatic carbocycles. The molecule has 0 bridgehead atoms. The molecule has 1 aromatic heterocycles. The van der Waals surface area contributed by atoms with Crippen LogP contribution in [0.5, 0.6) is 0 Å². The standard InChI is InChI=1S/C16H27N3O/c1-12-10-18(3)6-7-19(12)11-16-8-14(13(2)20-16)9-17-15-4-5-15/h8,12,15,17H,4-7,9-11H2,1-3H3. The highest BCUT2D eigenvalue weighted by Gasteiger charge is 2.24. The highest BCUT2D eigenvalue weighted by molar-refractivity contribution is 5.21. The molecule has 1 aromatic rings. The number of hydrogen-bond donors (Lipinski definition) is 1. The summed E-state index contributed by atoms with van der Waals surface area (Å²) < 4.78 is 5.95. The number of nitrogens with zero attached hydrogens (tertiary/aromatic N) is 2. The van der Waals surface area contributed by atoms with E-state index in [4.69, 9.17) is 4.42 Å². The van der Waals surface area contributed by atoms with Crippen LogP contribution in [0, 0.1) is 6.92 Å². The van der Waals surface area contributed by atoms with Gasteiger partial charge in [0.05, 0.1) is 6.54 Å². The molecule has 1 atom stereocenters. The number of likely N-dealkylation sites (N-methyl/N-ethyl adjacent to an activating group) is 1. The molecule has 2 fully saturated rings. The molecule has 2 aliphatic rings. The summed E-state index contributed by atoms with van der Waals surface area (Å²) in [5, 5.41) is 3.56. The zero-order valence-electron chi connectivity index (χ0n) is 13.0. The molecule has 1 N–H and O–H groups in total. The van der Waals surface area contributed by atoms with Gasteiger partial charge in [0.25, 0.3) is 0 Å². The third-order valence-electron chi connectivity index (χ3n) is 4.56. The lowest BCUT2D eigenvalue weighted by molar-refractivity contribution is 0.0872. The van der Waals surface area contributed by atoms with Crippen LogP contribution in [0.25, 0.3) is 0 Å². The normalized spacial score (nSPS) is 25.2. The molecule has 0 amide bonds. The summed E-state index contributed by atoms with van der Waals surface area (Å²) in [6, 6.07) is 3.60. The Labute approximate surface area is 122 Å². The van der Waals surface area contributed by atoms with Crippen molar-refractivity contribution in [1.82, 2.24) is 15.1 Å². The van der Waals surface area contributed by atoms with Crippen molar-refractivity contribution < 1.29 is 4.42 Å². The van der Waals surface area contributed by atoms with Gasteiger partial charge in [-0.1, -0.05) is 0 Å². The van der Waals surface area contributed by atoms with Gasteiger partial charge in [-0.15, -0.1) is 0 Å². The van der Waals surface area contributed by atoms with Crippen molar-refractivity contribution >= 4 is 0 Å². The molecule has 0 spiro atoms. The van der Waals surface area contributed by atoms with Crippen LogP contribution in [0.15, 0.2) is 10.5 Å². The second-order valence-corrected chi connectivity index (χ2v) is 6.53. The monoisotopic (exact) mass is 277 g/mol. The topological polar surface area (TPSA) is 31.7 Å². The fourth-order valence-corrected chi connectivity index (χ4v) is 3.00. The van der Waals surface area contributed by atoms with Crippen LogP contribution in [0.2, 0.25) is 0 Å². The molecule has 112 valence electrons. The van der Waals surface area contributed by atoms with E-state index >= 15 is 0 Å². The number of piperazine rings is 1.